The van der Waals surface area contributed by atoms with Crippen molar-refractivity contribution >= 4 is 0 Å². The summed E-state index contributed by atoms with van der Waals surface area (Å²) in [6, 6.07) is 13.6. The number of ether oxygens (including phenoxy) is 1. The predicted octanol–water partition coefficient (Wildman–Crippen LogP) is 7.07. The van der Waals surface area contributed by atoms with Gasteiger partial charge < -0.3 is 4.74 Å². The van der Waals surface area contributed by atoms with Gasteiger partial charge >= 0.3 is 0 Å². The van der Waals surface area contributed by atoms with Gasteiger partial charge in [0.2, 0.25) is 0 Å². The number of hydrogen-bond donors (Lipinski definition) is 0. The summed E-state index contributed by atoms with van der Waals surface area (Å²) in [4.78, 5) is 0. The fraction of sp³-hybridized carbons (Fsp3) is 0.400. The van der Waals surface area contributed by atoms with E-state index in [9.17, 15) is 4.39 Å². The van der Waals surface area contributed by atoms with E-state index in [1.165, 1.54) is 5.56 Å². The molecule has 0 aliphatic carbocycles. The van der Waals surface area contributed by atoms with Gasteiger partial charge in [-0.05, 0) is 80.5 Å². The van der Waals surface area contributed by atoms with Gasteiger partial charge in [-0.2, -0.15) is 5.10 Å². The van der Waals surface area contributed by atoms with Crippen LogP contribution in [0.25, 0.3) is 16.8 Å². The number of hydrogen-bond acceptors (Lipinski definition) is 2. The molecule has 0 amide bonds. The van der Waals surface area contributed by atoms with Crippen molar-refractivity contribution in [1.82, 2.24) is 9.78 Å². The summed E-state index contributed by atoms with van der Waals surface area (Å²) in [6.07, 6.45) is 5.29. The first kappa shape index (κ1) is 21.1. The Morgan fingerprint density at radius 3 is 2.34 bits per heavy atom. The fourth-order valence-electron chi connectivity index (χ4n) is 3.77. The molecule has 2 aromatic carbocycles. The minimum Gasteiger partial charge on any atom is -0.488 e. The summed E-state index contributed by atoms with van der Waals surface area (Å²) in [5.74, 6) is 0.429. The molecule has 1 heterocycles. The van der Waals surface area contributed by atoms with Crippen LogP contribution in [0.2, 0.25) is 0 Å². The molecule has 3 rings (SSSR count). The molecule has 0 saturated heterocycles. The van der Waals surface area contributed by atoms with E-state index in [1.807, 2.05) is 43.8 Å². The number of nitrogens with zero attached hydrogens (tertiary/aromatic N) is 2. The van der Waals surface area contributed by atoms with Gasteiger partial charge in [0.25, 0.3) is 0 Å². The first-order valence-electron chi connectivity index (χ1n) is 10.6. The second-order valence-corrected chi connectivity index (χ2v) is 7.88. The van der Waals surface area contributed by atoms with Gasteiger partial charge in [0.1, 0.15) is 0 Å². The van der Waals surface area contributed by atoms with Crippen LogP contribution in [-0.2, 0) is 0 Å². The smallest absolute Gasteiger partial charge is 0.165 e. The van der Waals surface area contributed by atoms with Crippen molar-refractivity contribution in [2.75, 3.05) is 0 Å². The van der Waals surface area contributed by atoms with E-state index in [4.69, 9.17) is 4.74 Å². The molecule has 29 heavy (non-hydrogen) atoms. The Balaban J connectivity index is 2.06. The Labute approximate surface area is 173 Å². The van der Waals surface area contributed by atoms with Crippen LogP contribution in [0.1, 0.15) is 64.1 Å². The molecule has 1 unspecified atom stereocenters. The lowest BCUT2D eigenvalue weighted by Crippen LogP contribution is -2.07. The van der Waals surface area contributed by atoms with E-state index in [2.05, 4.69) is 37.1 Å². The quantitative estimate of drug-likeness (QED) is 0.408. The maximum atomic E-state index is 14.5. The monoisotopic (exact) mass is 394 g/mol. The number of aryl methyl sites for hydroxylation is 1. The zero-order valence-corrected chi connectivity index (χ0v) is 18.1. The third kappa shape index (κ3) is 4.87. The van der Waals surface area contributed by atoms with Gasteiger partial charge in [-0.25, -0.2) is 9.07 Å². The highest BCUT2D eigenvalue weighted by Crippen LogP contribution is 2.34. The fourth-order valence-corrected chi connectivity index (χ4v) is 3.77. The molecule has 0 spiro atoms. The highest BCUT2D eigenvalue weighted by atomic mass is 19.1. The van der Waals surface area contributed by atoms with Crippen LogP contribution in [0.3, 0.4) is 0 Å². The van der Waals surface area contributed by atoms with Crippen molar-refractivity contribution in [1.29, 1.82) is 0 Å². The van der Waals surface area contributed by atoms with E-state index < -0.39 is 0 Å². The van der Waals surface area contributed by atoms with Crippen molar-refractivity contribution in [3.63, 3.8) is 0 Å². The highest BCUT2D eigenvalue weighted by Gasteiger charge is 2.17. The molecule has 0 aliphatic heterocycles. The number of benzene rings is 2. The minimum atomic E-state index is -0.339. The normalized spacial score (nSPS) is 12.4. The molecule has 0 radical (unpaired) electrons. The topological polar surface area (TPSA) is 27.1 Å². The molecule has 0 N–H and O–H groups in total. The zero-order valence-electron chi connectivity index (χ0n) is 18.1. The van der Waals surface area contributed by atoms with Crippen LogP contribution in [0.4, 0.5) is 4.39 Å². The third-order valence-electron chi connectivity index (χ3n) is 5.20. The van der Waals surface area contributed by atoms with E-state index >= 15 is 0 Å². The van der Waals surface area contributed by atoms with Gasteiger partial charge in [-0.3, -0.25) is 0 Å². The number of rotatable bonds is 8. The van der Waals surface area contributed by atoms with Crippen molar-refractivity contribution in [3.8, 4) is 22.6 Å². The Hall–Kier alpha value is -2.62. The van der Waals surface area contributed by atoms with Crippen LogP contribution in [0.15, 0.2) is 48.7 Å². The molecule has 1 aromatic heterocycles. The predicted molar refractivity (Wildman–Crippen MR) is 117 cm³/mol. The van der Waals surface area contributed by atoms with Crippen LogP contribution in [-0.4, -0.2) is 15.9 Å². The second kappa shape index (κ2) is 9.25. The Kier molecular flexibility index (Phi) is 6.73. The summed E-state index contributed by atoms with van der Waals surface area (Å²) in [5, 5.41) is 4.64. The number of halogens is 1. The summed E-state index contributed by atoms with van der Waals surface area (Å²) in [5.41, 5.74) is 5.14. The lowest BCUT2D eigenvalue weighted by atomic mass is 9.89. The highest BCUT2D eigenvalue weighted by molar-refractivity contribution is 5.68. The van der Waals surface area contributed by atoms with Crippen LogP contribution < -0.4 is 4.74 Å². The average molecular weight is 395 g/mol. The van der Waals surface area contributed by atoms with E-state index in [0.29, 0.717) is 5.92 Å². The van der Waals surface area contributed by atoms with Crippen molar-refractivity contribution in [2.45, 2.75) is 65.9 Å². The van der Waals surface area contributed by atoms with Crippen molar-refractivity contribution in [3.05, 3.63) is 65.7 Å². The summed E-state index contributed by atoms with van der Waals surface area (Å²) < 4.78 is 22.0. The third-order valence-corrected chi connectivity index (χ3v) is 5.20. The van der Waals surface area contributed by atoms with Gasteiger partial charge in [0.15, 0.2) is 11.6 Å². The summed E-state index contributed by atoms with van der Waals surface area (Å²) in [6.45, 7) is 10.2. The Morgan fingerprint density at radius 2 is 1.76 bits per heavy atom. The molecular weight excluding hydrogens is 363 g/mol. The molecule has 3 aromatic rings. The van der Waals surface area contributed by atoms with E-state index in [1.54, 1.807) is 12.1 Å². The summed E-state index contributed by atoms with van der Waals surface area (Å²) >= 11 is 0. The lowest BCUT2D eigenvalue weighted by molar-refractivity contribution is 0.231. The minimum absolute atomic E-state index is 0.0613. The molecule has 0 saturated carbocycles. The molecule has 0 aliphatic rings. The average Bonchev–Trinajstić information content (AvgIpc) is 3.13. The molecule has 154 valence electrons. The van der Waals surface area contributed by atoms with Gasteiger partial charge in [0, 0.05) is 6.20 Å². The largest absolute Gasteiger partial charge is 0.488 e. The molecule has 1 atom stereocenters. The first-order valence-corrected chi connectivity index (χ1v) is 10.6. The molecule has 4 heteroatoms. The number of aromatic nitrogens is 2. The molecule has 0 bridgehead atoms. The maximum absolute atomic E-state index is 14.5. The lowest BCUT2D eigenvalue weighted by Gasteiger charge is -2.20. The molecular formula is C25H31FN2O. The Morgan fingerprint density at radius 1 is 1.03 bits per heavy atom. The molecule has 3 nitrogen and oxygen atoms in total. The van der Waals surface area contributed by atoms with Crippen LogP contribution in [0.5, 0.6) is 5.75 Å². The summed E-state index contributed by atoms with van der Waals surface area (Å²) in [7, 11) is 0. The standard InChI is InChI=1S/C25H31FN2O/c1-6-8-19(7-2)22-11-9-21(16-24(22)28-14-13-18(5)27-28)20-10-12-25(23(26)15-20)29-17(3)4/h9-17,19H,6-8H2,1-5H3. The zero-order chi connectivity index (χ0) is 21.0. The van der Waals surface area contributed by atoms with E-state index in [0.717, 1.165) is 41.8 Å². The van der Waals surface area contributed by atoms with Gasteiger partial charge in [0.05, 0.1) is 17.5 Å². The maximum Gasteiger partial charge on any atom is 0.165 e. The first-order chi connectivity index (χ1) is 13.9. The van der Waals surface area contributed by atoms with E-state index in [-0.39, 0.29) is 17.7 Å². The van der Waals surface area contributed by atoms with Crippen LogP contribution in [0, 0.1) is 12.7 Å². The Bertz CT molecular complexity index is 961. The second-order valence-electron chi connectivity index (χ2n) is 7.88. The van der Waals surface area contributed by atoms with Crippen molar-refractivity contribution < 1.29 is 9.13 Å². The van der Waals surface area contributed by atoms with Gasteiger partial charge in [-0.15, -0.1) is 0 Å². The SMILES string of the molecule is CCCC(CC)c1ccc(-c2ccc(OC(C)C)c(F)c2)cc1-n1ccc(C)n1. The molecule has 0 fully saturated rings. The van der Waals surface area contributed by atoms with Crippen LogP contribution >= 0.6 is 0 Å². The van der Waals surface area contributed by atoms with Gasteiger partial charge in [-0.1, -0.05) is 38.5 Å². The van der Waals surface area contributed by atoms with Crippen molar-refractivity contribution in [2.24, 2.45) is 0 Å².